The lowest BCUT2D eigenvalue weighted by molar-refractivity contribution is -0.142. The van der Waals surface area contributed by atoms with Gasteiger partial charge in [-0.3, -0.25) is 4.79 Å². The number of hydrogen-bond donors (Lipinski definition) is 0. The lowest BCUT2D eigenvalue weighted by Crippen LogP contribution is -2.58. The number of likely N-dealkylation sites (tertiary alicyclic amines) is 1. The number of amides is 1. The Morgan fingerprint density at radius 3 is 3.04 bits per heavy atom. The van der Waals surface area contributed by atoms with Crippen LogP contribution >= 0.6 is 11.6 Å². The highest BCUT2D eigenvalue weighted by Gasteiger charge is 2.47. The lowest BCUT2D eigenvalue weighted by Gasteiger charge is -2.50. The molecule has 0 unspecified atom stereocenters. The van der Waals surface area contributed by atoms with Crippen molar-refractivity contribution in [2.45, 2.75) is 25.4 Å². The van der Waals surface area contributed by atoms with Crippen molar-refractivity contribution in [1.82, 2.24) is 4.90 Å². The molecule has 5 nitrogen and oxygen atoms in total. The molecule has 0 spiro atoms. The fourth-order valence-electron chi connectivity index (χ4n) is 3.93. The molecular weight excluding hydrogens is 330 g/mol. The van der Waals surface area contributed by atoms with Crippen LogP contribution in [-0.4, -0.2) is 57.4 Å². The zero-order chi connectivity index (χ0) is 17.2. The van der Waals surface area contributed by atoms with Crippen LogP contribution in [0, 0.1) is 5.41 Å². The summed E-state index contributed by atoms with van der Waals surface area (Å²) in [6.07, 6.45) is 3.01. The number of methoxy groups -OCH3 is 2. The Morgan fingerprint density at radius 2 is 2.29 bits per heavy atom. The van der Waals surface area contributed by atoms with Crippen molar-refractivity contribution in [2.75, 3.05) is 40.5 Å². The molecule has 2 aliphatic heterocycles. The normalized spacial score (nSPS) is 26.8. The first-order valence-electron chi connectivity index (χ1n) is 8.33. The summed E-state index contributed by atoms with van der Waals surface area (Å²) >= 11 is 6.25. The molecule has 24 heavy (non-hydrogen) atoms. The van der Waals surface area contributed by atoms with Gasteiger partial charge in [-0.1, -0.05) is 11.6 Å². The Bertz CT molecular complexity index is 605. The molecule has 1 aromatic rings. The summed E-state index contributed by atoms with van der Waals surface area (Å²) in [5, 5.41) is 0.448. The topological polar surface area (TPSA) is 48.0 Å². The van der Waals surface area contributed by atoms with Crippen LogP contribution in [0.4, 0.5) is 0 Å². The highest BCUT2D eigenvalue weighted by molar-refractivity contribution is 6.33. The molecule has 1 aromatic carbocycles. The molecular formula is C18H24ClNO4. The number of hydrogen-bond acceptors (Lipinski definition) is 4. The number of benzene rings is 1. The third-order valence-corrected chi connectivity index (χ3v) is 5.44. The molecule has 0 saturated carbocycles. The molecule has 2 fully saturated rings. The van der Waals surface area contributed by atoms with E-state index in [1.165, 1.54) is 0 Å². The second kappa shape index (κ2) is 7.30. The molecule has 1 amide bonds. The number of carbonyl (C=O) groups is 1. The van der Waals surface area contributed by atoms with Gasteiger partial charge in [0.1, 0.15) is 5.75 Å². The van der Waals surface area contributed by atoms with E-state index in [1.54, 1.807) is 32.4 Å². The van der Waals surface area contributed by atoms with Crippen LogP contribution in [0.1, 0.15) is 29.6 Å². The van der Waals surface area contributed by atoms with Crippen LogP contribution in [0.5, 0.6) is 5.75 Å². The molecule has 0 radical (unpaired) electrons. The Balaban J connectivity index is 1.83. The second-order valence-corrected chi connectivity index (χ2v) is 7.03. The van der Waals surface area contributed by atoms with E-state index in [0.29, 0.717) is 36.0 Å². The Morgan fingerprint density at radius 1 is 1.46 bits per heavy atom. The fourth-order valence-corrected chi connectivity index (χ4v) is 4.13. The van der Waals surface area contributed by atoms with Gasteiger partial charge in [-0.05, 0) is 37.5 Å². The van der Waals surface area contributed by atoms with E-state index in [1.807, 2.05) is 4.90 Å². The van der Waals surface area contributed by atoms with Crippen molar-refractivity contribution < 1.29 is 19.0 Å². The molecule has 132 valence electrons. The zero-order valence-electron chi connectivity index (χ0n) is 14.2. The molecule has 6 heteroatoms. The Labute approximate surface area is 147 Å². The van der Waals surface area contributed by atoms with Crippen molar-refractivity contribution >= 4 is 17.5 Å². The summed E-state index contributed by atoms with van der Waals surface area (Å²) < 4.78 is 16.7. The van der Waals surface area contributed by atoms with E-state index in [2.05, 4.69) is 0 Å². The summed E-state index contributed by atoms with van der Waals surface area (Å²) in [5.74, 6) is 0.573. The molecule has 2 atom stereocenters. The molecule has 2 saturated heterocycles. The SMILES string of the molecule is COC[C@@]12CCCO[C@H]1CCN(C(=O)c1cc(OC)ccc1Cl)C2. The van der Waals surface area contributed by atoms with Gasteiger partial charge in [0.2, 0.25) is 0 Å². The standard InChI is InChI=1S/C18H24ClNO4/c1-22-12-18-7-3-9-24-16(18)6-8-20(11-18)17(21)14-10-13(23-2)4-5-15(14)19/h4-5,10,16H,3,6-9,11-12H2,1-2H3/t16-,18-/m0/s1. The quantitative estimate of drug-likeness (QED) is 0.834. The van der Waals surface area contributed by atoms with Crippen LogP contribution in [0.2, 0.25) is 5.02 Å². The van der Waals surface area contributed by atoms with Gasteiger partial charge in [-0.25, -0.2) is 0 Å². The molecule has 2 heterocycles. The predicted octanol–water partition coefficient (Wildman–Crippen LogP) is 3.01. The average molecular weight is 354 g/mol. The molecule has 2 aliphatic rings. The maximum Gasteiger partial charge on any atom is 0.255 e. The van der Waals surface area contributed by atoms with E-state index in [-0.39, 0.29) is 17.4 Å². The third-order valence-electron chi connectivity index (χ3n) is 5.11. The maximum atomic E-state index is 13.0. The van der Waals surface area contributed by atoms with Gasteiger partial charge in [-0.15, -0.1) is 0 Å². The van der Waals surface area contributed by atoms with Crippen molar-refractivity contribution in [3.8, 4) is 5.75 Å². The summed E-state index contributed by atoms with van der Waals surface area (Å²) in [5.41, 5.74) is 0.366. The predicted molar refractivity (Wildman–Crippen MR) is 91.8 cm³/mol. The highest BCUT2D eigenvalue weighted by Crippen LogP contribution is 2.41. The number of ether oxygens (including phenoxy) is 3. The second-order valence-electron chi connectivity index (χ2n) is 6.62. The van der Waals surface area contributed by atoms with E-state index < -0.39 is 0 Å². The van der Waals surface area contributed by atoms with Gasteiger partial charge in [0.25, 0.3) is 5.91 Å². The van der Waals surface area contributed by atoms with Crippen LogP contribution in [0.25, 0.3) is 0 Å². The van der Waals surface area contributed by atoms with Gasteiger partial charge in [0, 0.05) is 32.2 Å². The summed E-state index contributed by atoms with van der Waals surface area (Å²) in [4.78, 5) is 14.9. The number of nitrogens with zero attached hydrogens (tertiary/aromatic N) is 1. The number of fused-ring (bicyclic) bond motifs is 1. The first-order chi connectivity index (χ1) is 11.6. The minimum atomic E-state index is -0.119. The van der Waals surface area contributed by atoms with E-state index in [9.17, 15) is 4.79 Å². The minimum Gasteiger partial charge on any atom is -0.497 e. The largest absolute Gasteiger partial charge is 0.497 e. The average Bonchev–Trinajstić information content (AvgIpc) is 2.61. The summed E-state index contributed by atoms with van der Waals surface area (Å²) in [6.45, 7) is 2.71. The monoisotopic (exact) mass is 353 g/mol. The summed E-state index contributed by atoms with van der Waals surface area (Å²) in [7, 11) is 3.29. The first kappa shape index (κ1) is 17.5. The summed E-state index contributed by atoms with van der Waals surface area (Å²) in [6, 6.07) is 5.17. The van der Waals surface area contributed by atoms with Crippen LogP contribution in [0.3, 0.4) is 0 Å². The van der Waals surface area contributed by atoms with Crippen molar-refractivity contribution in [1.29, 1.82) is 0 Å². The Kier molecular flexibility index (Phi) is 5.33. The van der Waals surface area contributed by atoms with Gasteiger partial charge >= 0.3 is 0 Å². The van der Waals surface area contributed by atoms with Crippen molar-refractivity contribution in [3.63, 3.8) is 0 Å². The van der Waals surface area contributed by atoms with Gasteiger partial charge < -0.3 is 19.1 Å². The van der Waals surface area contributed by atoms with Crippen LogP contribution < -0.4 is 4.74 Å². The molecule has 0 aromatic heterocycles. The molecule has 0 N–H and O–H groups in total. The third kappa shape index (κ3) is 3.25. The molecule has 3 rings (SSSR count). The van der Waals surface area contributed by atoms with Gasteiger partial charge in [0.05, 0.1) is 30.4 Å². The zero-order valence-corrected chi connectivity index (χ0v) is 15.0. The smallest absolute Gasteiger partial charge is 0.255 e. The number of rotatable bonds is 4. The minimum absolute atomic E-state index is 0.0570. The fraction of sp³-hybridized carbons (Fsp3) is 0.611. The van der Waals surface area contributed by atoms with Gasteiger partial charge in [-0.2, -0.15) is 0 Å². The van der Waals surface area contributed by atoms with E-state index in [4.69, 9.17) is 25.8 Å². The highest BCUT2D eigenvalue weighted by atomic mass is 35.5. The van der Waals surface area contributed by atoms with Crippen LogP contribution in [0.15, 0.2) is 18.2 Å². The van der Waals surface area contributed by atoms with Crippen molar-refractivity contribution in [3.05, 3.63) is 28.8 Å². The van der Waals surface area contributed by atoms with Crippen LogP contribution in [-0.2, 0) is 9.47 Å². The number of halogens is 1. The van der Waals surface area contributed by atoms with E-state index in [0.717, 1.165) is 25.9 Å². The van der Waals surface area contributed by atoms with Crippen molar-refractivity contribution in [2.24, 2.45) is 5.41 Å². The molecule has 0 aliphatic carbocycles. The van der Waals surface area contributed by atoms with E-state index >= 15 is 0 Å². The first-order valence-corrected chi connectivity index (χ1v) is 8.71. The van der Waals surface area contributed by atoms with Gasteiger partial charge in [0.15, 0.2) is 0 Å². The molecule has 0 bridgehead atoms. The number of carbonyl (C=O) groups excluding carboxylic acids is 1. The lowest BCUT2D eigenvalue weighted by atomic mass is 9.73. The number of piperidine rings is 1. The Hall–Kier alpha value is -1.30. The maximum absolute atomic E-state index is 13.0.